The first-order chi connectivity index (χ1) is 12.0. The summed E-state index contributed by atoms with van der Waals surface area (Å²) in [6.45, 7) is -0.385. The second-order valence-corrected chi connectivity index (χ2v) is 4.98. The van der Waals surface area contributed by atoms with Crippen LogP contribution in [0.1, 0.15) is 0 Å². The number of para-hydroxylation sites is 1. The molecule has 132 valence electrons. The van der Waals surface area contributed by atoms with Gasteiger partial charge in [0.25, 0.3) is 5.91 Å². The molecule has 0 heterocycles. The number of carbonyl (C=O) groups is 2. The minimum Gasteiger partial charge on any atom is -0.484 e. The van der Waals surface area contributed by atoms with E-state index < -0.39 is 11.9 Å². The molecule has 0 aliphatic heterocycles. The minimum atomic E-state index is -0.727. The van der Waals surface area contributed by atoms with Gasteiger partial charge in [-0.3, -0.25) is 10.0 Å². The van der Waals surface area contributed by atoms with E-state index in [1.807, 2.05) is 30.3 Å². The average Bonchev–Trinajstić information content (AvgIpc) is 2.61. The van der Waals surface area contributed by atoms with Gasteiger partial charge in [-0.05, 0) is 36.4 Å². The van der Waals surface area contributed by atoms with Crippen molar-refractivity contribution in [2.45, 2.75) is 0 Å². The zero-order valence-corrected chi connectivity index (χ0v) is 13.4. The Morgan fingerprint density at radius 2 is 1.60 bits per heavy atom. The summed E-state index contributed by atoms with van der Waals surface area (Å²) in [6.07, 6.45) is 0. The summed E-state index contributed by atoms with van der Waals surface area (Å²) >= 11 is 0. The highest BCUT2D eigenvalue weighted by atomic mass is 16.5. The number of hydroxylamine groups is 2. The number of hydrogen-bond acceptors (Lipinski definition) is 5. The number of nitrogens with two attached hydrogens (primary N) is 1. The molecule has 0 unspecified atom stereocenters. The lowest BCUT2D eigenvalue weighted by Gasteiger charge is -2.15. The summed E-state index contributed by atoms with van der Waals surface area (Å²) in [5.41, 5.74) is 4.88. The van der Waals surface area contributed by atoms with E-state index in [4.69, 9.17) is 15.2 Å². The molecule has 0 bridgehead atoms. The van der Waals surface area contributed by atoms with E-state index in [0.29, 0.717) is 22.3 Å². The molecule has 4 N–H and O–H groups in total. The number of benzene rings is 2. The molecule has 0 saturated heterocycles. The molecular formula is C17H19N3O5. The number of rotatable bonds is 8. The number of primary amides is 1. The summed E-state index contributed by atoms with van der Waals surface area (Å²) in [5, 5.41) is 12.2. The third-order valence-electron chi connectivity index (χ3n) is 3.08. The molecule has 2 aromatic carbocycles. The van der Waals surface area contributed by atoms with Crippen LogP contribution in [0.3, 0.4) is 0 Å². The number of urea groups is 1. The number of ether oxygens (including phenoxy) is 2. The van der Waals surface area contributed by atoms with Crippen LogP contribution < -0.4 is 20.5 Å². The van der Waals surface area contributed by atoms with Crippen LogP contribution in [-0.2, 0) is 4.79 Å². The highest BCUT2D eigenvalue weighted by Gasteiger charge is 2.11. The van der Waals surface area contributed by atoms with E-state index in [0.717, 1.165) is 0 Å². The molecule has 2 aromatic rings. The van der Waals surface area contributed by atoms with Crippen LogP contribution in [0.25, 0.3) is 0 Å². The number of nitrogens with zero attached hydrogens (tertiary/aromatic N) is 1. The van der Waals surface area contributed by atoms with E-state index in [-0.39, 0.29) is 19.7 Å². The molecule has 0 atom stereocenters. The average molecular weight is 345 g/mol. The van der Waals surface area contributed by atoms with Crippen LogP contribution in [0.15, 0.2) is 54.6 Å². The molecule has 0 aliphatic carbocycles. The van der Waals surface area contributed by atoms with Gasteiger partial charge in [-0.2, -0.15) is 0 Å². The van der Waals surface area contributed by atoms with Crippen molar-refractivity contribution in [3.63, 3.8) is 0 Å². The third-order valence-corrected chi connectivity index (χ3v) is 3.08. The van der Waals surface area contributed by atoms with Crippen LogP contribution in [0, 0.1) is 0 Å². The lowest BCUT2D eigenvalue weighted by Crippen LogP contribution is -2.40. The Hall–Kier alpha value is -3.26. The molecule has 0 fully saturated rings. The van der Waals surface area contributed by atoms with Gasteiger partial charge in [0.2, 0.25) is 0 Å². The first kappa shape index (κ1) is 18.1. The Morgan fingerprint density at radius 3 is 2.24 bits per heavy atom. The van der Waals surface area contributed by atoms with Gasteiger partial charge in [-0.1, -0.05) is 18.2 Å². The molecule has 2 rings (SSSR count). The fourth-order valence-electron chi connectivity index (χ4n) is 1.86. The predicted molar refractivity (Wildman–Crippen MR) is 89.5 cm³/mol. The van der Waals surface area contributed by atoms with Crippen molar-refractivity contribution in [2.75, 3.05) is 19.7 Å². The van der Waals surface area contributed by atoms with Crippen molar-refractivity contribution >= 4 is 11.9 Å². The van der Waals surface area contributed by atoms with Crippen LogP contribution in [-0.4, -0.2) is 41.9 Å². The third kappa shape index (κ3) is 6.40. The van der Waals surface area contributed by atoms with Crippen molar-refractivity contribution < 1.29 is 24.3 Å². The number of amides is 3. The van der Waals surface area contributed by atoms with Gasteiger partial charge in [0.15, 0.2) is 6.61 Å². The number of carbonyl (C=O) groups excluding carboxylic acids is 2. The summed E-state index contributed by atoms with van der Waals surface area (Å²) in [4.78, 5) is 22.2. The zero-order valence-electron chi connectivity index (χ0n) is 13.4. The summed E-state index contributed by atoms with van der Waals surface area (Å²) in [5.74, 6) is 1.16. The highest BCUT2D eigenvalue weighted by Crippen LogP contribution is 2.23. The first-order valence-electron chi connectivity index (χ1n) is 7.53. The molecule has 0 saturated carbocycles. The molecule has 8 heteroatoms. The van der Waals surface area contributed by atoms with Crippen molar-refractivity contribution in [3.05, 3.63) is 54.6 Å². The normalized spacial score (nSPS) is 9.96. The van der Waals surface area contributed by atoms with Gasteiger partial charge in [0.1, 0.15) is 17.2 Å². The molecular weight excluding hydrogens is 326 g/mol. The molecule has 25 heavy (non-hydrogen) atoms. The quantitative estimate of drug-likeness (QED) is 0.498. The largest absolute Gasteiger partial charge is 0.484 e. The predicted octanol–water partition coefficient (Wildman–Crippen LogP) is 1.74. The van der Waals surface area contributed by atoms with Gasteiger partial charge in [0.05, 0.1) is 6.54 Å². The fraction of sp³-hybridized carbons (Fsp3) is 0.176. The van der Waals surface area contributed by atoms with Gasteiger partial charge >= 0.3 is 6.03 Å². The van der Waals surface area contributed by atoms with Crippen molar-refractivity contribution in [2.24, 2.45) is 5.73 Å². The Morgan fingerprint density at radius 1 is 1.00 bits per heavy atom. The van der Waals surface area contributed by atoms with E-state index in [1.165, 1.54) is 0 Å². The summed E-state index contributed by atoms with van der Waals surface area (Å²) in [6, 6.07) is 15.3. The maximum Gasteiger partial charge on any atom is 0.312 e. The van der Waals surface area contributed by atoms with E-state index >= 15 is 0 Å². The van der Waals surface area contributed by atoms with Crippen LogP contribution in [0.2, 0.25) is 0 Å². The number of hydrogen-bond donors (Lipinski definition) is 3. The molecule has 8 nitrogen and oxygen atoms in total. The SMILES string of the molecule is NC(=O)NCCN(O)C(=O)COc1ccc(Oc2ccccc2)cc1. The molecule has 0 radical (unpaired) electrons. The molecule has 3 amide bonds. The highest BCUT2D eigenvalue weighted by molar-refractivity contribution is 5.76. The van der Waals surface area contributed by atoms with Crippen LogP contribution in [0.4, 0.5) is 4.79 Å². The second kappa shape index (κ2) is 9.14. The lowest BCUT2D eigenvalue weighted by molar-refractivity contribution is -0.167. The summed E-state index contributed by atoms with van der Waals surface area (Å²) in [7, 11) is 0. The smallest absolute Gasteiger partial charge is 0.312 e. The number of nitrogens with one attached hydrogen (secondary N) is 1. The topological polar surface area (TPSA) is 114 Å². The van der Waals surface area contributed by atoms with Crippen molar-refractivity contribution in [1.29, 1.82) is 0 Å². The van der Waals surface area contributed by atoms with Crippen molar-refractivity contribution in [3.8, 4) is 17.2 Å². The molecule has 0 aromatic heterocycles. The van der Waals surface area contributed by atoms with Crippen LogP contribution >= 0.6 is 0 Å². The second-order valence-electron chi connectivity index (χ2n) is 4.98. The lowest BCUT2D eigenvalue weighted by atomic mass is 10.3. The maximum atomic E-state index is 11.7. The summed E-state index contributed by atoms with van der Waals surface area (Å²) < 4.78 is 10.9. The van der Waals surface area contributed by atoms with Crippen molar-refractivity contribution in [1.82, 2.24) is 10.4 Å². The van der Waals surface area contributed by atoms with Gasteiger partial charge < -0.3 is 20.5 Å². The Kier molecular flexibility index (Phi) is 6.61. The van der Waals surface area contributed by atoms with Gasteiger partial charge in [0, 0.05) is 6.54 Å². The van der Waals surface area contributed by atoms with Crippen LogP contribution in [0.5, 0.6) is 17.2 Å². The Bertz CT molecular complexity index is 691. The Labute approximate surface area is 144 Å². The minimum absolute atomic E-state index is 0.0447. The molecule has 0 spiro atoms. The molecule has 0 aliphatic rings. The fourth-order valence-corrected chi connectivity index (χ4v) is 1.86. The first-order valence-corrected chi connectivity index (χ1v) is 7.53. The van der Waals surface area contributed by atoms with Gasteiger partial charge in [-0.15, -0.1) is 0 Å². The van der Waals surface area contributed by atoms with E-state index in [9.17, 15) is 14.8 Å². The maximum absolute atomic E-state index is 11.7. The zero-order chi connectivity index (χ0) is 18.1. The van der Waals surface area contributed by atoms with Gasteiger partial charge in [-0.25, -0.2) is 9.86 Å². The van der Waals surface area contributed by atoms with E-state index in [2.05, 4.69) is 5.32 Å². The monoisotopic (exact) mass is 345 g/mol. The van der Waals surface area contributed by atoms with E-state index in [1.54, 1.807) is 24.3 Å². The Balaban J connectivity index is 1.77. The standard InChI is InChI=1S/C17H19N3O5/c18-17(22)19-10-11-20(23)16(21)12-24-13-6-8-15(9-7-13)25-14-4-2-1-3-5-14/h1-9,23H,10-12H2,(H3,18,19,22).